The summed E-state index contributed by atoms with van der Waals surface area (Å²) in [5.74, 6) is -1.63. The van der Waals surface area contributed by atoms with Crippen LogP contribution in [0.5, 0.6) is 0 Å². The fourth-order valence-electron chi connectivity index (χ4n) is 2.88. The molecular weight excluding hydrogens is 308 g/mol. The molecule has 2 atom stereocenters. The molecule has 0 radical (unpaired) electrons. The summed E-state index contributed by atoms with van der Waals surface area (Å²) >= 11 is 0. The molecule has 0 aromatic heterocycles. The Morgan fingerprint density at radius 1 is 1.35 bits per heavy atom. The standard InChI is InChI=1S/C16H19F2NO4/c1-16(2,3)19(15(21)22)13-7-10(20)8-23-14(13)11-6-9(17)4-5-12(11)18/h4-6,13-14H,7-8H2,1-3H3,(H,21,22)/t13-,14-/m0/s1. The number of carboxylic acid groups (broad SMARTS) is 1. The normalized spacial score (nSPS) is 22.0. The lowest BCUT2D eigenvalue weighted by molar-refractivity contribution is -0.140. The minimum absolute atomic E-state index is 0.0852. The van der Waals surface area contributed by atoms with Crippen molar-refractivity contribution in [2.24, 2.45) is 0 Å². The van der Waals surface area contributed by atoms with Crippen molar-refractivity contribution in [3.8, 4) is 0 Å². The maximum atomic E-state index is 14.1. The average molecular weight is 327 g/mol. The quantitative estimate of drug-likeness (QED) is 0.906. The van der Waals surface area contributed by atoms with E-state index in [-0.39, 0.29) is 24.4 Å². The molecule has 1 aromatic rings. The van der Waals surface area contributed by atoms with Crippen LogP contribution in [0.15, 0.2) is 18.2 Å². The van der Waals surface area contributed by atoms with Gasteiger partial charge in [0.2, 0.25) is 0 Å². The van der Waals surface area contributed by atoms with E-state index in [2.05, 4.69) is 0 Å². The van der Waals surface area contributed by atoms with Crippen LogP contribution >= 0.6 is 0 Å². The zero-order chi connectivity index (χ0) is 17.4. The van der Waals surface area contributed by atoms with Gasteiger partial charge in [-0.25, -0.2) is 13.6 Å². The van der Waals surface area contributed by atoms with Crippen molar-refractivity contribution >= 4 is 11.9 Å². The molecule has 1 heterocycles. The van der Waals surface area contributed by atoms with Gasteiger partial charge in [-0.1, -0.05) is 0 Å². The summed E-state index contributed by atoms with van der Waals surface area (Å²) in [6, 6.07) is 1.99. The number of ketones is 1. The van der Waals surface area contributed by atoms with Crippen LogP contribution in [0.4, 0.5) is 13.6 Å². The van der Waals surface area contributed by atoms with Crippen molar-refractivity contribution in [3.05, 3.63) is 35.4 Å². The number of carbonyl (C=O) groups is 2. The Hall–Kier alpha value is -2.02. The number of hydrogen-bond donors (Lipinski definition) is 1. The van der Waals surface area contributed by atoms with Crippen LogP contribution in [0.1, 0.15) is 38.9 Å². The number of nitrogens with zero attached hydrogens (tertiary/aromatic N) is 1. The van der Waals surface area contributed by atoms with E-state index < -0.39 is 35.4 Å². The van der Waals surface area contributed by atoms with Gasteiger partial charge in [0.1, 0.15) is 24.3 Å². The topological polar surface area (TPSA) is 66.8 Å². The summed E-state index contributed by atoms with van der Waals surface area (Å²) in [7, 11) is 0. The number of Topliss-reactive ketones (excluding diaryl/α,β-unsaturated/α-hetero) is 1. The molecule has 0 unspecified atom stereocenters. The predicted molar refractivity (Wildman–Crippen MR) is 78.1 cm³/mol. The number of hydrogen-bond acceptors (Lipinski definition) is 3. The summed E-state index contributed by atoms with van der Waals surface area (Å²) < 4.78 is 33.0. The first-order valence-corrected chi connectivity index (χ1v) is 7.22. The molecule has 126 valence electrons. The Morgan fingerprint density at radius 3 is 2.57 bits per heavy atom. The first-order chi connectivity index (χ1) is 10.6. The van der Waals surface area contributed by atoms with Gasteiger partial charge in [-0.2, -0.15) is 0 Å². The minimum atomic E-state index is -1.25. The van der Waals surface area contributed by atoms with Gasteiger partial charge in [0.05, 0.1) is 6.04 Å². The Bertz CT molecular complexity index is 627. The monoisotopic (exact) mass is 327 g/mol. The molecule has 2 rings (SSSR count). The van der Waals surface area contributed by atoms with Crippen LogP contribution in [0.25, 0.3) is 0 Å². The Labute approximate surface area is 132 Å². The molecule has 1 aliphatic heterocycles. The summed E-state index contributed by atoms with van der Waals surface area (Å²) in [5.41, 5.74) is -0.919. The lowest BCUT2D eigenvalue weighted by Gasteiger charge is -2.44. The predicted octanol–water partition coefficient (Wildman–Crippen LogP) is 3.14. The van der Waals surface area contributed by atoms with E-state index in [4.69, 9.17) is 4.74 Å². The highest BCUT2D eigenvalue weighted by Crippen LogP contribution is 2.36. The number of halogens is 2. The van der Waals surface area contributed by atoms with E-state index >= 15 is 0 Å². The van der Waals surface area contributed by atoms with Crippen LogP contribution in [0, 0.1) is 11.6 Å². The molecule has 1 saturated heterocycles. The van der Waals surface area contributed by atoms with Gasteiger partial charge in [-0.15, -0.1) is 0 Å². The number of rotatable bonds is 2. The molecule has 7 heteroatoms. The molecule has 0 aliphatic carbocycles. The van der Waals surface area contributed by atoms with Gasteiger partial charge in [0.15, 0.2) is 5.78 Å². The van der Waals surface area contributed by atoms with Crippen LogP contribution in [-0.2, 0) is 9.53 Å². The molecular formula is C16H19F2NO4. The number of benzene rings is 1. The highest BCUT2D eigenvalue weighted by molar-refractivity contribution is 5.82. The Morgan fingerprint density at radius 2 is 2.00 bits per heavy atom. The fraction of sp³-hybridized carbons (Fsp3) is 0.500. The third kappa shape index (κ3) is 3.67. The minimum Gasteiger partial charge on any atom is -0.465 e. The van der Waals surface area contributed by atoms with Crippen LogP contribution in [0.3, 0.4) is 0 Å². The van der Waals surface area contributed by atoms with Crippen LogP contribution < -0.4 is 0 Å². The van der Waals surface area contributed by atoms with Crippen molar-refractivity contribution in [1.29, 1.82) is 0 Å². The van der Waals surface area contributed by atoms with Gasteiger partial charge in [-0.3, -0.25) is 9.69 Å². The molecule has 5 nitrogen and oxygen atoms in total. The van der Waals surface area contributed by atoms with E-state index in [0.29, 0.717) is 0 Å². The second kappa shape index (κ2) is 6.23. The molecule has 0 bridgehead atoms. The molecule has 1 aliphatic rings. The molecule has 0 spiro atoms. The van der Waals surface area contributed by atoms with E-state index in [1.807, 2.05) is 0 Å². The average Bonchev–Trinajstić information content (AvgIpc) is 2.40. The summed E-state index contributed by atoms with van der Waals surface area (Å²) in [6.45, 7) is 4.74. The SMILES string of the molecule is CC(C)(C)N(C(=O)O)[C@H]1CC(=O)CO[C@H]1c1cc(F)ccc1F. The van der Waals surface area contributed by atoms with Crippen molar-refractivity contribution in [3.63, 3.8) is 0 Å². The highest BCUT2D eigenvalue weighted by atomic mass is 19.1. The summed E-state index contributed by atoms with van der Waals surface area (Å²) in [5, 5.41) is 9.53. The van der Waals surface area contributed by atoms with E-state index in [9.17, 15) is 23.5 Å². The second-order valence-electron chi connectivity index (χ2n) is 6.53. The second-order valence-corrected chi connectivity index (χ2v) is 6.53. The lowest BCUT2D eigenvalue weighted by atomic mass is 9.90. The van der Waals surface area contributed by atoms with Crippen molar-refractivity contribution in [2.45, 2.75) is 44.9 Å². The van der Waals surface area contributed by atoms with E-state index in [1.165, 1.54) is 0 Å². The molecule has 1 fully saturated rings. The summed E-state index contributed by atoms with van der Waals surface area (Å²) in [6.07, 6.45) is -2.40. The van der Waals surface area contributed by atoms with Gasteiger partial charge in [-0.05, 0) is 39.0 Å². The van der Waals surface area contributed by atoms with Crippen LogP contribution in [-0.4, -0.2) is 40.1 Å². The Balaban J connectivity index is 2.49. The van der Waals surface area contributed by atoms with Gasteiger partial charge in [0, 0.05) is 17.5 Å². The highest BCUT2D eigenvalue weighted by Gasteiger charge is 2.43. The maximum absolute atomic E-state index is 14.1. The van der Waals surface area contributed by atoms with Crippen molar-refractivity contribution in [1.82, 2.24) is 4.90 Å². The fourth-order valence-corrected chi connectivity index (χ4v) is 2.88. The Kier molecular flexibility index (Phi) is 4.70. The number of carbonyl (C=O) groups excluding carboxylic acids is 1. The van der Waals surface area contributed by atoms with Crippen molar-refractivity contribution in [2.75, 3.05) is 6.61 Å². The number of amides is 1. The smallest absolute Gasteiger partial charge is 0.408 e. The largest absolute Gasteiger partial charge is 0.465 e. The van der Waals surface area contributed by atoms with Gasteiger partial charge < -0.3 is 9.84 Å². The van der Waals surface area contributed by atoms with Crippen molar-refractivity contribution < 1.29 is 28.2 Å². The first-order valence-electron chi connectivity index (χ1n) is 7.22. The third-order valence-corrected chi connectivity index (χ3v) is 3.74. The van der Waals surface area contributed by atoms with Gasteiger partial charge in [0.25, 0.3) is 0 Å². The molecule has 1 N–H and O–H groups in total. The number of ether oxygens (including phenoxy) is 1. The molecule has 1 amide bonds. The lowest BCUT2D eigenvalue weighted by Crippen LogP contribution is -2.56. The van der Waals surface area contributed by atoms with Gasteiger partial charge >= 0.3 is 6.09 Å². The van der Waals surface area contributed by atoms with E-state index in [1.54, 1.807) is 20.8 Å². The first kappa shape index (κ1) is 17.3. The third-order valence-electron chi connectivity index (χ3n) is 3.74. The van der Waals surface area contributed by atoms with E-state index in [0.717, 1.165) is 23.1 Å². The zero-order valence-electron chi connectivity index (χ0n) is 13.2. The van der Waals surface area contributed by atoms with Crippen LogP contribution in [0.2, 0.25) is 0 Å². The molecule has 23 heavy (non-hydrogen) atoms. The molecule has 1 aromatic carbocycles. The maximum Gasteiger partial charge on any atom is 0.408 e. The summed E-state index contributed by atoms with van der Waals surface area (Å²) in [4.78, 5) is 24.5. The molecule has 0 saturated carbocycles. The zero-order valence-corrected chi connectivity index (χ0v) is 13.2.